The van der Waals surface area contributed by atoms with Crippen molar-refractivity contribution in [3.05, 3.63) is 64.1 Å². The molecule has 1 aliphatic heterocycles. The van der Waals surface area contributed by atoms with E-state index >= 15 is 0 Å². The highest BCUT2D eigenvalue weighted by atomic mass is 35.5. The first-order valence-corrected chi connectivity index (χ1v) is 10.6. The highest BCUT2D eigenvalue weighted by molar-refractivity contribution is 6.30. The van der Waals surface area contributed by atoms with Gasteiger partial charge < -0.3 is 4.90 Å². The van der Waals surface area contributed by atoms with E-state index in [0.29, 0.717) is 40.5 Å². The fraction of sp³-hybridized carbons (Fsp3) is 0.250. The lowest BCUT2D eigenvalue weighted by atomic mass is 9.95. The molecule has 4 rings (SSSR count). The number of aromatic nitrogens is 2. The number of hydrogen-bond acceptors (Lipinski definition) is 4. The molecule has 3 aromatic rings. The van der Waals surface area contributed by atoms with Crippen molar-refractivity contribution < 1.29 is 9.18 Å². The number of nitrogens with zero attached hydrogens (tertiary/aromatic N) is 5. The summed E-state index contributed by atoms with van der Waals surface area (Å²) in [4.78, 5) is 23.4. The number of aliphatic imine (C=N–C) groups is 2. The predicted octanol–water partition coefficient (Wildman–Crippen LogP) is 5.69. The fourth-order valence-electron chi connectivity index (χ4n) is 4.27. The van der Waals surface area contributed by atoms with Crippen molar-refractivity contribution >= 4 is 41.8 Å². The Hall–Kier alpha value is -3.32. The molecule has 0 unspecified atom stereocenters. The van der Waals surface area contributed by atoms with Gasteiger partial charge in [-0.05, 0) is 63.4 Å². The summed E-state index contributed by atoms with van der Waals surface area (Å²) in [6.07, 6.45) is 2.28. The molecule has 0 spiro atoms. The van der Waals surface area contributed by atoms with Crippen molar-refractivity contribution in [1.82, 2.24) is 14.7 Å². The van der Waals surface area contributed by atoms with Crippen molar-refractivity contribution in [1.29, 1.82) is 0 Å². The minimum absolute atomic E-state index is 0.110. The maximum Gasteiger partial charge on any atom is 0.254 e. The molecule has 2 aromatic carbocycles. The largest absolute Gasteiger partial charge is 0.330 e. The molecule has 0 N–H and O–H groups in total. The summed E-state index contributed by atoms with van der Waals surface area (Å²) in [7, 11) is 1.82. The molecule has 0 bridgehead atoms. The molecule has 164 valence electrons. The van der Waals surface area contributed by atoms with Crippen LogP contribution in [0.5, 0.6) is 0 Å². The third-order valence-electron chi connectivity index (χ3n) is 5.70. The summed E-state index contributed by atoms with van der Waals surface area (Å²) >= 11 is 6.08. The molecule has 0 saturated heterocycles. The quantitative estimate of drug-likeness (QED) is 0.478. The molecule has 1 aromatic heterocycles. The van der Waals surface area contributed by atoms with Crippen LogP contribution in [0.15, 0.2) is 46.4 Å². The molecule has 1 aliphatic rings. The molecule has 1 atom stereocenters. The van der Waals surface area contributed by atoms with Crippen molar-refractivity contribution in [2.75, 3.05) is 6.54 Å². The van der Waals surface area contributed by atoms with Crippen LogP contribution in [0.2, 0.25) is 5.02 Å². The number of halogens is 2. The second-order valence-electron chi connectivity index (χ2n) is 7.67. The van der Waals surface area contributed by atoms with E-state index in [1.807, 2.05) is 20.9 Å². The molecule has 0 radical (unpaired) electrons. The standard InChI is InChI=1S/C24H23ClFN5O/c1-5-28-20-7-6-15(12-21(20)27-3)24(32)31-9-8-19-22(14(31)2)29-30(4)23(19)16-10-17(25)13-18(26)11-16/h5-7,10-14H,3,8-9H2,1-2,4H3/t14-/m0/s1. The summed E-state index contributed by atoms with van der Waals surface area (Å²) in [5.41, 5.74) is 5.04. The second-order valence-corrected chi connectivity index (χ2v) is 8.10. The van der Waals surface area contributed by atoms with Crippen LogP contribution in [0.4, 0.5) is 15.8 Å². The van der Waals surface area contributed by atoms with Crippen molar-refractivity contribution in [2.45, 2.75) is 26.3 Å². The van der Waals surface area contributed by atoms with Gasteiger partial charge in [-0.3, -0.25) is 19.5 Å². The van der Waals surface area contributed by atoms with Crippen LogP contribution >= 0.6 is 11.6 Å². The van der Waals surface area contributed by atoms with E-state index in [9.17, 15) is 9.18 Å². The van der Waals surface area contributed by atoms with Gasteiger partial charge in [0.2, 0.25) is 0 Å². The monoisotopic (exact) mass is 451 g/mol. The van der Waals surface area contributed by atoms with E-state index in [-0.39, 0.29) is 11.9 Å². The Morgan fingerprint density at radius 1 is 1.28 bits per heavy atom. The molecule has 32 heavy (non-hydrogen) atoms. The maximum atomic E-state index is 14.0. The number of carbonyl (C=O) groups is 1. The number of aryl methyl sites for hydroxylation is 1. The van der Waals surface area contributed by atoms with Gasteiger partial charge in [-0.2, -0.15) is 5.10 Å². The summed E-state index contributed by atoms with van der Waals surface area (Å²) in [5.74, 6) is -0.508. The molecule has 0 aliphatic carbocycles. The van der Waals surface area contributed by atoms with Crippen molar-refractivity contribution in [2.24, 2.45) is 17.0 Å². The third-order valence-corrected chi connectivity index (χ3v) is 5.92. The Balaban J connectivity index is 1.68. The van der Waals surface area contributed by atoms with E-state index in [4.69, 9.17) is 11.6 Å². The van der Waals surface area contributed by atoms with Crippen LogP contribution in [0.25, 0.3) is 11.3 Å². The van der Waals surface area contributed by atoms with Gasteiger partial charge in [-0.25, -0.2) is 4.39 Å². The van der Waals surface area contributed by atoms with Gasteiger partial charge >= 0.3 is 0 Å². The molecular formula is C24H23ClFN5O. The summed E-state index contributed by atoms with van der Waals surface area (Å²) in [5, 5.41) is 5.01. The van der Waals surface area contributed by atoms with Crippen LogP contribution in [0, 0.1) is 5.82 Å². The Morgan fingerprint density at radius 3 is 2.75 bits per heavy atom. The van der Waals surface area contributed by atoms with Crippen LogP contribution in [0.3, 0.4) is 0 Å². The van der Waals surface area contributed by atoms with Crippen LogP contribution in [0.1, 0.15) is 41.5 Å². The highest BCUT2D eigenvalue weighted by Crippen LogP contribution is 2.37. The Labute approximate surface area is 191 Å². The molecule has 2 heterocycles. The first-order chi connectivity index (χ1) is 15.3. The molecule has 0 fully saturated rings. The van der Waals surface area contributed by atoms with Gasteiger partial charge in [0.1, 0.15) is 5.82 Å². The van der Waals surface area contributed by atoms with Crippen LogP contribution in [-0.2, 0) is 13.5 Å². The van der Waals surface area contributed by atoms with Gasteiger partial charge in [0, 0.05) is 41.5 Å². The van der Waals surface area contributed by atoms with E-state index in [0.717, 1.165) is 17.0 Å². The number of amides is 1. The topological polar surface area (TPSA) is 62.9 Å². The number of carbonyl (C=O) groups excluding carboxylic acids is 1. The molecule has 0 saturated carbocycles. The lowest BCUT2D eigenvalue weighted by molar-refractivity contribution is 0.0673. The fourth-order valence-corrected chi connectivity index (χ4v) is 4.49. The van der Waals surface area contributed by atoms with Gasteiger partial charge in [-0.1, -0.05) is 11.6 Å². The van der Waals surface area contributed by atoms with E-state index in [2.05, 4.69) is 21.8 Å². The number of hydrogen-bond donors (Lipinski definition) is 0. The summed E-state index contributed by atoms with van der Waals surface area (Å²) in [6, 6.07) is 9.44. The smallest absolute Gasteiger partial charge is 0.254 e. The van der Waals surface area contributed by atoms with E-state index < -0.39 is 5.82 Å². The normalized spacial score (nSPS) is 15.8. The first kappa shape index (κ1) is 21.9. The number of rotatable bonds is 4. The molecule has 6 nitrogen and oxygen atoms in total. The van der Waals surface area contributed by atoms with Crippen molar-refractivity contribution in [3.63, 3.8) is 0 Å². The zero-order valence-electron chi connectivity index (χ0n) is 18.1. The lowest BCUT2D eigenvalue weighted by Crippen LogP contribution is -2.38. The Morgan fingerprint density at radius 2 is 2.06 bits per heavy atom. The minimum Gasteiger partial charge on any atom is -0.330 e. The van der Waals surface area contributed by atoms with Gasteiger partial charge in [0.25, 0.3) is 5.91 Å². The first-order valence-electron chi connectivity index (χ1n) is 10.3. The number of fused-ring (bicyclic) bond motifs is 1. The average Bonchev–Trinajstić information content (AvgIpc) is 3.10. The SMILES string of the molecule is C=Nc1cc(C(=O)N2CCc3c(nn(C)c3-c3cc(F)cc(Cl)c3)[C@@H]2C)ccc1N=CC. The maximum absolute atomic E-state index is 14.0. The van der Waals surface area contributed by atoms with Crippen LogP contribution < -0.4 is 0 Å². The van der Waals surface area contributed by atoms with E-state index in [1.54, 1.807) is 40.1 Å². The summed E-state index contributed by atoms with van der Waals surface area (Å²) in [6.45, 7) is 7.87. The van der Waals surface area contributed by atoms with Crippen molar-refractivity contribution in [3.8, 4) is 11.3 Å². The summed E-state index contributed by atoms with van der Waals surface area (Å²) < 4.78 is 15.7. The molecule has 1 amide bonds. The second kappa shape index (κ2) is 8.67. The van der Waals surface area contributed by atoms with Gasteiger partial charge in [0.15, 0.2) is 0 Å². The zero-order chi connectivity index (χ0) is 23.0. The average molecular weight is 452 g/mol. The minimum atomic E-state index is -0.398. The van der Waals surface area contributed by atoms with Gasteiger partial charge in [-0.15, -0.1) is 0 Å². The number of benzene rings is 2. The zero-order valence-corrected chi connectivity index (χ0v) is 18.9. The highest BCUT2D eigenvalue weighted by Gasteiger charge is 2.33. The van der Waals surface area contributed by atoms with Gasteiger partial charge in [0.05, 0.1) is 28.8 Å². The van der Waals surface area contributed by atoms with Crippen LogP contribution in [-0.4, -0.2) is 40.1 Å². The molecule has 8 heteroatoms. The lowest BCUT2D eigenvalue weighted by Gasteiger charge is -2.33. The third kappa shape index (κ3) is 3.84. The van der Waals surface area contributed by atoms with E-state index in [1.165, 1.54) is 12.1 Å². The Kier molecular flexibility index (Phi) is 5.93. The molecular weight excluding hydrogens is 429 g/mol. The predicted molar refractivity (Wildman–Crippen MR) is 126 cm³/mol. The Bertz CT molecular complexity index is 1230.